The molecule has 1 fully saturated rings. The third kappa shape index (κ3) is 3.85. The summed E-state index contributed by atoms with van der Waals surface area (Å²) in [6.07, 6.45) is 6.92. The highest BCUT2D eigenvalue weighted by molar-refractivity contribution is 6.00. The summed E-state index contributed by atoms with van der Waals surface area (Å²) >= 11 is 0. The minimum Gasteiger partial charge on any atom is -0.444 e. The van der Waals surface area contributed by atoms with Gasteiger partial charge in [-0.1, -0.05) is 0 Å². The number of hydrogen-bond acceptors (Lipinski definition) is 6. The number of nitrogens with zero attached hydrogens (tertiary/aromatic N) is 5. The molecule has 0 radical (unpaired) electrons. The lowest BCUT2D eigenvalue weighted by molar-refractivity contribution is 0.0203. The van der Waals surface area contributed by atoms with E-state index in [4.69, 9.17) is 4.74 Å². The topological polar surface area (TPSA) is 115 Å². The van der Waals surface area contributed by atoms with Gasteiger partial charge >= 0.3 is 6.09 Å². The number of amides is 1. The number of aromatic nitrogens is 5. The largest absolute Gasteiger partial charge is 0.444 e. The minimum absolute atomic E-state index is 0.0320. The van der Waals surface area contributed by atoms with E-state index in [9.17, 15) is 14.4 Å². The van der Waals surface area contributed by atoms with Gasteiger partial charge in [0.2, 0.25) is 0 Å². The maximum absolute atomic E-state index is 12.7. The number of likely N-dealkylation sites (tertiary alicyclic amines) is 1. The van der Waals surface area contributed by atoms with Crippen molar-refractivity contribution in [2.45, 2.75) is 45.1 Å². The summed E-state index contributed by atoms with van der Waals surface area (Å²) in [5.41, 5.74) is 0.526. The average Bonchev–Trinajstić information content (AvgIpc) is 3.36. The zero-order valence-corrected chi connectivity index (χ0v) is 17.2. The lowest BCUT2D eigenvalue weighted by Crippen LogP contribution is -2.41. The molecule has 0 aliphatic carbocycles. The van der Waals surface area contributed by atoms with Crippen molar-refractivity contribution in [1.82, 2.24) is 29.0 Å². The molecule has 0 atom stereocenters. The summed E-state index contributed by atoms with van der Waals surface area (Å²) in [5, 5.41) is 4.36. The highest BCUT2D eigenvalue weighted by Gasteiger charge is 2.29. The standard InChI is InChI=1S/C20H24N6O4/c1-20(2,3)30-19(29)24-7-4-13(5-8-24)15-10-16(27)23-17-14(11-22-26(15)17)18(28)25-9-6-21-12-25/h6,9-13H,4-5,7-8H2,1-3H3,(H,23,27). The summed E-state index contributed by atoms with van der Waals surface area (Å²) in [5.74, 6) is -0.292. The minimum atomic E-state index is -0.542. The van der Waals surface area contributed by atoms with Crippen molar-refractivity contribution in [3.05, 3.63) is 52.6 Å². The van der Waals surface area contributed by atoms with Crippen LogP contribution in [0, 0.1) is 0 Å². The van der Waals surface area contributed by atoms with Gasteiger partial charge in [0, 0.05) is 37.5 Å². The van der Waals surface area contributed by atoms with Crippen molar-refractivity contribution in [1.29, 1.82) is 0 Å². The summed E-state index contributed by atoms with van der Waals surface area (Å²) in [4.78, 5) is 45.6. The number of piperidine rings is 1. The Morgan fingerprint density at radius 3 is 2.60 bits per heavy atom. The van der Waals surface area contributed by atoms with Crippen LogP contribution < -0.4 is 5.56 Å². The van der Waals surface area contributed by atoms with E-state index < -0.39 is 5.60 Å². The second kappa shape index (κ2) is 7.43. The highest BCUT2D eigenvalue weighted by Crippen LogP contribution is 2.28. The van der Waals surface area contributed by atoms with Gasteiger partial charge in [-0.05, 0) is 33.6 Å². The average molecular weight is 412 g/mol. The van der Waals surface area contributed by atoms with Crippen LogP contribution in [0.1, 0.15) is 55.6 Å². The van der Waals surface area contributed by atoms with Crippen molar-refractivity contribution < 1.29 is 14.3 Å². The molecule has 1 saturated heterocycles. The first-order valence-corrected chi connectivity index (χ1v) is 9.84. The fourth-order valence-corrected chi connectivity index (χ4v) is 3.66. The second-order valence-electron chi connectivity index (χ2n) is 8.39. The van der Waals surface area contributed by atoms with Crippen molar-refractivity contribution in [2.24, 2.45) is 0 Å². The number of carbonyl (C=O) groups is 2. The van der Waals surface area contributed by atoms with Crippen LogP contribution in [-0.2, 0) is 4.74 Å². The van der Waals surface area contributed by atoms with Gasteiger partial charge in [-0.15, -0.1) is 0 Å². The number of nitrogens with one attached hydrogen (secondary N) is 1. The van der Waals surface area contributed by atoms with E-state index in [2.05, 4.69) is 15.1 Å². The number of imidazole rings is 1. The molecule has 10 heteroatoms. The highest BCUT2D eigenvalue weighted by atomic mass is 16.6. The van der Waals surface area contributed by atoms with Gasteiger partial charge in [0.15, 0.2) is 0 Å². The second-order valence-corrected chi connectivity index (χ2v) is 8.39. The number of fused-ring (bicyclic) bond motifs is 1. The quantitative estimate of drug-likeness (QED) is 0.689. The van der Waals surface area contributed by atoms with Gasteiger partial charge in [0.25, 0.3) is 11.5 Å². The maximum atomic E-state index is 12.7. The van der Waals surface area contributed by atoms with E-state index in [0.29, 0.717) is 31.6 Å². The molecule has 1 N–H and O–H groups in total. The Morgan fingerprint density at radius 1 is 1.23 bits per heavy atom. The van der Waals surface area contributed by atoms with Gasteiger partial charge in [-0.25, -0.2) is 14.3 Å². The Kier molecular flexibility index (Phi) is 4.92. The predicted molar refractivity (Wildman–Crippen MR) is 108 cm³/mol. The fourth-order valence-electron chi connectivity index (χ4n) is 3.66. The number of hydrogen-bond donors (Lipinski definition) is 1. The number of carbonyl (C=O) groups excluding carboxylic acids is 2. The molecular formula is C20H24N6O4. The first kappa shape index (κ1) is 19.9. The molecule has 30 heavy (non-hydrogen) atoms. The SMILES string of the molecule is CC(C)(C)OC(=O)N1CCC(c2cc(=O)[nH]c3c(C(=O)n4ccnc4)cnn23)CC1. The Morgan fingerprint density at radius 2 is 1.97 bits per heavy atom. The summed E-state index contributed by atoms with van der Waals surface area (Å²) < 4.78 is 8.39. The maximum Gasteiger partial charge on any atom is 0.410 e. The van der Waals surface area contributed by atoms with E-state index >= 15 is 0 Å². The van der Waals surface area contributed by atoms with Crippen LogP contribution in [0.25, 0.3) is 5.65 Å². The number of aromatic amines is 1. The Labute approximate surface area is 172 Å². The molecule has 0 saturated carbocycles. The van der Waals surface area contributed by atoms with E-state index in [0.717, 1.165) is 5.69 Å². The molecule has 3 aromatic rings. The van der Waals surface area contributed by atoms with Crippen LogP contribution in [0.15, 0.2) is 35.8 Å². The molecule has 4 rings (SSSR count). The van der Waals surface area contributed by atoms with E-state index in [-0.39, 0.29) is 29.0 Å². The zero-order chi connectivity index (χ0) is 21.5. The van der Waals surface area contributed by atoms with Crippen LogP contribution >= 0.6 is 0 Å². The van der Waals surface area contributed by atoms with E-state index in [1.54, 1.807) is 15.6 Å². The first-order chi connectivity index (χ1) is 14.2. The predicted octanol–water partition coefficient (Wildman–Crippen LogP) is 2.02. The number of H-pyrrole nitrogens is 1. The van der Waals surface area contributed by atoms with E-state index in [1.807, 2.05) is 20.8 Å². The third-order valence-electron chi connectivity index (χ3n) is 5.07. The first-order valence-electron chi connectivity index (χ1n) is 9.84. The van der Waals surface area contributed by atoms with Crippen LogP contribution in [0.4, 0.5) is 4.79 Å². The molecular weight excluding hydrogens is 388 g/mol. The van der Waals surface area contributed by atoms with Gasteiger partial charge in [0.1, 0.15) is 23.1 Å². The smallest absolute Gasteiger partial charge is 0.410 e. The van der Waals surface area contributed by atoms with Crippen LogP contribution in [-0.4, -0.2) is 59.7 Å². The summed E-state index contributed by atoms with van der Waals surface area (Å²) in [7, 11) is 0. The summed E-state index contributed by atoms with van der Waals surface area (Å²) in [6.45, 7) is 6.56. The van der Waals surface area contributed by atoms with Crippen molar-refractivity contribution in [3.63, 3.8) is 0 Å². The van der Waals surface area contributed by atoms with Gasteiger partial charge in [-0.3, -0.25) is 14.2 Å². The normalized spacial score (nSPS) is 15.5. The molecule has 10 nitrogen and oxygen atoms in total. The molecule has 0 aromatic carbocycles. The molecule has 0 bridgehead atoms. The molecule has 158 valence electrons. The van der Waals surface area contributed by atoms with Crippen LogP contribution in [0.5, 0.6) is 0 Å². The lowest BCUT2D eigenvalue weighted by Gasteiger charge is -2.33. The third-order valence-corrected chi connectivity index (χ3v) is 5.07. The van der Waals surface area contributed by atoms with Gasteiger partial charge < -0.3 is 14.6 Å². The molecule has 3 aromatic heterocycles. The Balaban J connectivity index is 1.58. The molecule has 1 amide bonds. The van der Waals surface area contributed by atoms with Crippen molar-refractivity contribution in [2.75, 3.05) is 13.1 Å². The molecule has 0 spiro atoms. The molecule has 1 aliphatic heterocycles. The van der Waals surface area contributed by atoms with Crippen LogP contribution in [0.2, 0.25) is 0 Å². The van der Waals surface area contributed by atoms with Gasteiger partial charge in [-0.2, -0.15) is 5.10 Å². The monoisotopic (exact) mass is 412 g/mol. The van der Waals surface area contributed by atoms with Gasteiger partial charge in [0.05, 0.1) is 11.9 Å². The lowest BCUT2D eigenvalue weighted by atomic mass is 9.93. The van der Waals surface area contributed by atoms with Crippen molar-refractivity contribution in [3.8, 4) is 0 Å². The molecule has 4 heterocycles. The number of rotatable bonds is 2. The molecule has 0 unspecified atom stereocenters. The van der Waals surface area contributed by atoms with Crippen LogP contribution in [0.3, 0.4) is 0 Å². The molecule has 1 aliphatic rings. The van der Waals surface area contributed by atoms with E-state index in [1.165, 1.54) is 29.4 Å². The Bertz CT molecular complexity index is 1130. The van der Waals surface area contributed by atoms with Crippen molar-refractivity contribution >= 4 is 17.6 Å². The number of ether oxygens (including phenoxy) is 1. The Hall–Kier alpha value is -3.43. The fraction of sp³-hybridized carbons (Fsp3) is 0.450. The zero-order valence-electron chi connectivity index (χ0n) is 17.2. The summed E-state index contributed by atoms with van der Waals surface area (Å²) in [6, 6.07) is 1.51.